The second kappa shape index (κ2) is 10.8. The first-order valence-corrected chi connectivity index (χ1v) is 16.5. The second-order valence-corrected chi connectivity index (χ2v) is 12.5. The summed E-state index contributed by atoms with van der Waals surface area (Å²) in [6, 6.07) is 59.0. The summed E-state index contributed by atoms with van der Waals surface area (Å²) in [6.45, 7) is 0. The molecule has 0 N–H and O–H groups in total. The van der Waals surface area contributed by atoms with Gasteiger partial charge >= 0.3 is 0 Å². The maximum absolute atomic E-state index is 6.66. The van der Waals surface area contributed by atoms with Crippen molar-refractivity contribution < 1.29 is 9.15 Å². The number of furan rings is 1. The first kappa shape index (κ1) is 27.6. The Bertz CT molecular complexity index is 2660. The fourth-order valence-corrected chi connectivity index (χ4v) is 7.60. The van der Waals surface area contributed by atoms with Crippen LogP contribution in [0.25, 0.3) is 55.5 Å². The van der Waals surface area contributed by atoms with Gasteiger partial charge in [-0.2, -0.15) is 0 Å². The van der Waals surface area contributed by atoms with Gasteiger partial charge in [-0.25, -0.2) is 9.97 Å². The molecule has 0 amide bonds. The lowest BCUT2D eigenvalue weighted by Crippen LogP contribution is -2.34. The van der Waals surface area contributed by atoms with Crippen molar-refractivity contribution in [2.45, 2.75) is 5.41 Å². The van der Waals surface area contributed by atoms with E-state index >= 15 is 0 Å². The Morgan fingerprint density at radius 3 is 1.94 bits per heavy atom. The van der Waals surface area contributed by atoms with Crippen molar-refractivity contribution in [3.05, 3.63) is 192 Å². The van der Waals surface area contributed by atoms with E-state index in [9.17, 15) is 0 Å². The molecule has 0 unspecified atom stereocenters. The molecule has 3 heterocycles. The molecule has 0 saturated carbocycles. The maximum Gasteiger partial charge on any atom is 0.180 e. The Morgan fingerprint density at radius 2 is 1.12 bits per heavy atom. The van der Waals surface area contributed by atoms with Crippen molar-refractivity contribution >= 4 is 32.8 Å². The average molecular weight is 629 g/mol. The summed E-state index contributed by atoms with van der Waals surface area (Å²) < 4.78 is 13.1. The van der Waals surface area contributed by atoms with Gasteiger partial charge in [-0.3, -0.25) is 0 Å². The van der Waals surface area contributed by atoms with E-state index in [1.54, 1.807) is 0 Å². The summed E-state index contributed by atoms with van der Waals surface area (Å²) in [4.78, 5) is 10.5. The first-order chi connectivity index (χ1) is 24.3. The van der Waals surface area contributed by atoms with Crippen LogP contribution in [0.15, 0.2) is 174 Å². The van der Waals surface area contributed by atoms with Gasteiger partial charge < -0.3 is 9.15 Å². The molecular weight excluding hydrogens is 601 g/mol. The smallest absolute Gasteiger partial charge is 0.180 e. The Kier molecular flexibility index (Phi) is 6.06. The van der Waals surface area contributed by atoms with Crippen LogP contribution in [0, 0.1) is 0 Å². The molecule has 4 heteroatoms. The number of aromatic nitrogens is 2. The van der Waals surface area contributed by atoms with Crippen molar-refractivity contribution in [1.82, 2.24) is 9.97 Å². The van der Waals surface area contributed by atoms with Gasteiger partial charge in [0.2, 0.25) is 0 Å². The summed E-state index contributed by atoms with van der Waals surface area (Å²) >= 11 is 0. The molecule has 0 radical (unpaired) electrons. The number of hydrogen-bond acceptors (Lipinski definition) is 4. The first-order valence-electron chi connectivity index (χ1n) is 16.5. The van der Waals surface area contributed by atoms with Crippen LogP contribution in [0.5, 0.6) is 11.5 Å². The molecule has 0 bridgehead atoms. The van der Waals surface area contributed by atoms with Crippen LogP contribution in [0.4, 0.5) is 0 Å². The zero-order chi connectivity index (χ0) is 32.4. The number of rotatable bonds is 4. The van der Waals surface area contributed by atoms with Crippen molar-refractivity contribution in [3.63, 3.8) is 0 Å². The van der Waals surface area contributed by atoms with Gasteiger partial charge in [0.1, 0.15) is 28.3 Å². The van der Waals surface area contributed by atoms with Gasteiger partial charge in [0.05, 0.1) is 5.41 Å². The minimum absolute atomic E-state index is 0.624. The van der Waals surface area contributed by atoms with Crippen molar-refractivity contribution in [3.8, 4) is 34.1 Å². The number of ether oxygens (including phenoxy) is 1. The molecule has 0 saturated heterocycles. The van der Waals surface area contributed by atoms with Crippen molar-refractivity contribution in [2.75, 3.05) is 0 Å². The van der Waals surface area contributed by atoms with Gasteiger partial charge in [-0.1, -0.05) is 127 Å². The molecule has 1 aliphatic heterocycles. The Morgan fingerprint density at radius 1 is 0.469 bits per heavy atom. The minimum Gasteiger partial charge on any atom is -0.457 e. The molecule has 10 rings (SSSR count). The average Bonchev–Trinajstić information content (AvgIpc) is 3.55. The summed E-state index contributed by atoms with van der Waals surface area (Å²) in [5.74, 6) is 2.27. The standard InChI is InChI=1S/C45H28N2O2/c1-3-15-33(16-4-1)45(34-17-5-2-6-18-34)36-20-10-12-22-39(36)48-40-26-25-32(28-37(40)45)44-46-41(31-24-23-29-13-7-8-14-30(29)27-31)43-42(47-44)35-19-9-11-21-38(35)49-43/h1-28H. The van der Waals surface area contributed by atoms with Crippen LogP contribution >= 0.6 is 0 Å². The van der Waals surface area contributed by atoms with Gasteiger partial charge in [-0.05, 0) is 64.4 Å². The van der Waals surface area contributed by atoms with E-state index < -0.39 is 5.41 Å². The number of fused-ring (bicyclic) bond motifs is 6. The highest BCUT2D eigenvalue weighted by molar-refractivity contribution is 6.07. The van der Waals surface area contributed by atoms with E-state index in [0.29, 0.717) is 11.4 Å². The second-order valence-electron chi connectivity index (χ2n) is 12.5. The third-order valence-electron chi connectivity index (χ3n) is 9.81. The van der Waals surface area contributed by atoms with Crippen LogP contribution < -0.4 is 4.74 Å². The topological polar surface area (TPSA) is 48.2 Å². The van der Waals surface area contributed by atoms with Crippen LogP contribution in [0.2, 0.25) is 0 Å². The molecule has 0 atom stereocenters. The number of hydrogen-bond donors (Lipinski definition) is 0. The predicted molar refractivity (Wildman–Crippen MR) is 196 cm³/mol. The molecule has 0 fully saturated rings. The zero-order valence-electron chi connectivity index (χ0n) is 26.4. The van der Waals surface area contributed by atoms with Gasteiger partial charge in [0.15, 0.2) is 11.4 Å². The SMILES string of the molecule is c1ccc(C2(c3ccccc3)c3ccccc3Oc3ccc(-c4nc(-c5ccc6ccccc6c5)c5oc6ccccc6c5n4)cc32)cc1. The third-order valence-corrected chi connectivity index (χ3v) is 9.81. The fourth-order valence-electron chi connectivity index (χ4n) is 7.60. The predicted octanol–water partition coefficient (Wildman–Crippen LogP) is 11.4. The Hall–Kier alpha value is -6.52. The summed E-state index contributed by atoms with van der Waals surface area (Å²) in [5.41, 5.74) is 8.69. The summed E-state index contributed by atoms with van der Waals surface area (Å²) in [5, 5.41) is 3.28. The molecule has 7 aromatic carbocycles. The Balaban J connectivity index is 1.26. The highest BCUT2D eigenvalue weighted by Crippen LogP contribution is 2.55. The molecule has 2 aromatic heterocycles. The van der Waals surface area contributed by atoms with E-state index in [-0.39, 0.29) is 0 Å². The number of para-hydroxylation sites is 2. The molecule has 9 aromatic rings. The molecule has 0 aliphatic carbocycles. The zero-order valence-corrected chi connectivity index (χ0v) is 26.4. The highest BCUT2D eigenvalue weighted by Gasteiger charge is 2.45. The van der Waals surface area contributed by atoms with E-state index in [2.05, 4.69) is 146 Å². The van der Waals surface area contributed by atoms with E-state index in [1.165, 1.54) is 5.39 Å². The van der Waals surface area contributed by atoms with Crippen LogP contribution in [0.3, 0.4) is 0 Å². The minimum atomic E-state index is -0.643. The lowest BCUT2D eigenvalue weighted by molar-refractivity contribution is 0.434. The third kappa shape index (κ3) is 4.17. The fraction of sp³-hybridized carbons (Fsp3) is 0.0222. The quantitative estimate of drug-likeness (QED) is 0.195. The molecular formula is C45H28N2O2. The highest BCUT2D eigenvalue weighted by atomic mass is 16.5. The van der Waals surface area contributed by atoms with Crippen LogP contribution in [-0.4, -0.2) is 9.97 Å². The molecule has 230 valence electrons. The lowest BCUT2D eigenvalue weighted by atomic mass is 9.63. The maximum atomic E-state index is 6.66. The monoisotopic (exact) mass is 628 g/mol. The normalized spacial score (nSPS) is 13.2. The van der Waals surface area contributed by atoms with Crippen molar-refractivity contribution in [2.24, 2.45) is 0 Å². The van der Waals surface area contributed by atoms with Gasteiger partial charge in [-0.15, -0.1) is 0 Å². The van der Waals surface area contributed by atoms with E-state index in [4.69, 9.17) is 19.1 Å². The summed E-state index contributed by atoms with van der Waals surface area (Å²) in [7, 11) is 0. The van der Waals surface area contributed by atoms with Crippen molar-refractivity contribution in [1.29, 1.82) is 0 Å². The molecule has 0 spiro atoms. The lowest BCUT2D eigenvalue weighted by Gasteiger charge is -2.41. The number of benzene rings is 7. The van der Waals surface area contributed by atoms with Gasteiger partial charge in [0.25, 0.3) is 0 Å². The molecule has 1 aliphatic rings. The summed E-state index contributed by atoms with van der Waals surface area (Å²) in [6.07, 6.45) is 0. The van der Waals surface area contributed by atoms with Gasteiger partial charge in [0, 0.05) is 27.6 Å². The van der Waals surface area contributed by atoms with E-state index in [0.717, 1.165) is 72.4 Å². The van der Waals surface area contributed by atoms with Crippen LogP contribution in [-0.2, 0) is 5.41 Å². The Labute approximate surface area is 282 Å². The van der Waals surface area contributed by atoms with Crippen LogP contribution in [0.1, 0.15) is 22.3 Å². The molecule has 49 heavy (non-hydrogen) atoms. The molecule has 4 nitrogen and oxygen atoms in total. The van der Waals surface area contributed by atoms with E-state index in [1.807, 2.05) is 24.3 Å². The largest absolute Gasteiger partial charge is 0.457 e. The number of nitrogens with zero attached hydrogens (tertiary/aromatic N) is 2.